The van der Waals surface area contributed by atoms with Gasteiger partial charge >= 0.3 is 26.2 Å². The normalized spacial score (nSPS) is 12.8. The summed E-state index contributed by atoms with van der Waals surface area (Å²) in [5.74, 6) is 0.416. The Morgan fingerprint density at radius 2 is 1.54 bits per heavy atom. The third-order valence-electron chi connectivity index (χ3n) is 3.83. The first kappa shape index (κ1) is 23.4. The molecular weight excluding hydrogens is 414 g/mol. The van der Waals surface area contributed by atoms with Crippen LogP contribution in [0.4, 0.5) is 0 Å². The summed E-state index contributed by atoms with van der Waals surface area (Å²) >= 11 is 0. The van der Waals surface area contributed by atoms with Gasteiger partial charge in [-0.3, -0.25) is 0 Å². The molecule has 2 aromatic rings. The van der Waals surface area contributed by atoms with Crippen molar-refractivity contribution >= 4 is 0 Å². The van der Waals surface area contributed by atoms with E-state index < -0.39 is 0 Å². The summed E-state index contributed by atoms with van der Waals surface area (Å²) < 4.78 is 0. The van der Waals surface area contributed by atoms with Crippen molar-refractivity contribution in [1.29, 1.82) is 0 Å². The van der Waals surface area contributed by atoms with Crippen molar-refractivity contribution in [3.63, 3.8) is 0 Å². The fraction of sp³-hybridized carbons (Fsp3) is 0.190. The molecule has 122 valence electrons. The van der Waals surface area contributed by atoms with Crippen molar-refractivity contribution in [2.24, 2.45) is 0 Å². The van der Waals surface area contributed by atoms with Gasteiger partial charge < -0.3 is 31.2 Å². The number of hydrogen-bond acceptors (Lipinski definition) is 0. The molecule has 0 spiro atoms. The van der Waals surface area contributed by atoms with E-state index in [1.165, 1.54) is 27.8 Å². The van der Waals surface area contributed by atoms with Crippen LogP contribution in [0.3, 0.4) is 0 Å². The molecule has 0 fully saturated rings. The van der Waals surface area contributed by atoms with Crippen LogP contribution in [0.15, 0.2) is 60.7 Å². The van der Waals surface area contributed by atoms with E-state index in [9.17, 15) is 0 Å². The Kier molecular flexibility index (Phi) is 10.8. The zero-order chi connectivity index (χ0) is 14.7. The van der Waals surface area contributed by atoms with Crippen LogP contribution < -0.4 is 24.8 Å². The first-order valence-electron chi connectivity index (χ1n) is 7.56. The Bertz CT molecular complexity index is 693. The molecule has 0 saturated carbocycles. The van der Waals surface area contributed by atoms with Crippen molar-refractivity contribution in [1.82, 2.24) is 0 Å². The molecule has 0 bridgehead atoms. The molecule has 0 atom stereocenters. The van der Waals surface area contributed by atoms with E-state index in [1.807, 2.05) is 20.3 Å². The predicted molar refractivity (Wildman–Crippen MR) is 90.2 cm³/mol. The molecule has 4 rings (SSSR count). The maximum atomic E-state index is 3.61. The third-order valence-corrected chi connectivity index (χ3v) is 3.83. The molecule has 2 aliphatic rings. The average molecular weight is 435 g/mol. The molecule has 0 saturated heterocycles. The van der Waals surface area contributed by atoms with Gasteiger partial charge in [0.1, 0.15) is 0 Å². The predicted octanol–water partition coefficient (Wildman–Crippen LogP) is -0.496. The molecule has 0 radical (unpaired) electrons. The van der Waals surface area contributed by atoms with Crippen LogP contribution in [0.25, 0.3) is 11.1 Å². The van der Waals surface area contributed by atoms with Gasteiger partial charge in [0.2, 0.25) is 0 Å². The zero-order valence-electron chi connectivity index (χ0n) is 13.9. The van der Waals surface area contributed by atoms with Crippen LogP contribution in [0.5, 0.6) is 0 Å². The van der Waals surface area contributed by atoms with Crippen molar-refractivity contribution in [2.45, 2.75) is 26.2 Å². The Hall–Kier alpha value is -0.617. The van der Waals surface area contributed by atoms with Crippen molar-refractivity contribution in [3.8, 4) is 11.1 Å². The van der Waals surface area contributed by atoms with Crippen molar-refractivity contribution in [2.75, 3.05) is 0 Å². The maximum Gasteiger partial charge on any atom is 4.00 e. The number of rotatable bonds is 1. The van der Waals surface area contributed by atoms with E-state index >= 15 is 0 Å². The van der Waals surface area contributed by atoms with E-state index in [0.29, 0.717) is 5.92 Å². The van der Waals surface area contributed by atoms with Crippen LogP contribution >= 0.6 is 0 Å². The SMILES string of the molecule is C[CH-]C.[Cl-].[Cl-].[Zr+4].[c-]1c(C2C=CC=C2)ccc2c1Cc1ccccc1-2. The molecule has 3 heteroatoms. The number of allylic oxidation sites excluding steroid dienone is 4. The van der Waals surface area contributed by atoms with Gasteiger partial charge in [-0.2, -0.15) is 37.6 Å². The van der Waals surface area contributed by atoms with E-state index in [-0.39, 0.29) is 51.0 Å². The second-order valence-electron chi connectivity index (χ2n) is 5.51. The largest absolute Gasteiger partial charge is 4.00 e. The molecule has 0 amide bonds. The molecule has 0 heterocycles. The molecular formula is C21H20Cl2Zr. The summed E-state index contributed by atoms with van der Waals surface area (Å²) in [7, 11) is 0. The summed E-state index contributed by atoms with van der Waals surface area (Å²) in [6.07, 6.45) is 11.7. The van der Waals surface area contributed by atoms with Crippen LogP contribution in [0.2, 0.25) is 0 Å². The van der Waals surface area contributed by atoms with Gasteiger partial charge in [0.05, 0.1) is 0 Å². The van der Waals surface area contributed by atoms with Crippen LogP contribution in [-0.4, -0.2) is 0 Å². The van der Waals surface area contributed by atoms with E-state index in [0.717, 1.165) is 6.42 Å². The maximum absolute atomic E-state index is 3.61. The minimum atomic E-state index is 0. The summed E-state index contributed by atoms with van der Waals surface area (Å²) in [6.45, 7) is 4.00. The molecule has 0 N–H and O–H groups in total. The Morgan fingerprint density at radius 3 is 2.21 bits per heavy atom. The monoisotopic (exact) mass is 432 g/mol. The number of fused-ring (bicyclic) bond motifs is 3. The topological polar surface area (TPSA) is 0 Å². The summed E-state index contributed by atoms with van der Waals surface area (Å²) in [6, 6.07) is 16.7. The Morgan fingerprint density at radius 1 is 0.917 bits per heavy atom. The molecule has 0 unspecified atom stereocenters. The molecule has 0 aliphatic heterocycles. The standard InChI is InChI=1S/C18H13.C3H7.2ClH.Zr/c1-2-6-13(5-1)14-9-10-18-16(11-14)12-15-7-3-4-8-17(15)18;1-3-2;;;/h1-10,13H,12H2;3H,1-2H3;2*1H;/q2*-1;;;+4/p-2. The van der Waals surface area contributed by atoms with Gasteiger partial charge in [-0.05, 0) is 12.3 Å². The van der Waals surface area contributed by atoms with Crippen LogP contribution in [0.1, 0.15) is 36.5 Å². The van der Waals surface area contributed by atoms with E-state index in [1.54, 1.807) is 0 Å². The minimum Gasteiger partial charge on any atom is -1.00 e. The number of hydrogen-bond donors (Lipinski definition) is 0. The van der Waals surface area contributed by atoms with E-state index in [2.05, 4.69) is 66.8 Å². The molecule has 2 aromatic carbocycles. The van der Waals surface area contributed by atoms with Gasteiger partial charge in [0, 0.05) is 0 Å². The van der Waals surface area contributed by atoms with Gasteiger partial charge in [-0.15, -0.1) is 11.1 Å². The van der Waals surface area contributed by atoms with Crippen LogP contribution in [0, 0.1) is 12.5 Å². The molecule has 2 aliphatic carbocycles. The first-order chi connectivity index (χ1) is 10.3. The second kappa shape index (κ2) is 11.1. The smallest absolute Gasteiger partial charge is 1.00 e. The van der Waals surface area contributed by atoms with Gasteiger partial charge in [-0.25, -0.2) is 0 Å². The molecule has 24 heavy (non-hydrogen) atoms. The number of benzene rings is 2. The van der Waals surface area contributed by atoms with Crippen molar-refractivity contribution in [3.05, 3.63) is 89.9 Å². The summed E-state index contributed by atoms with van der Waals surface area (Å²) in [5.41, 5.74) is 6.81. The van der Waals surface area contributed by atoms with Crippen molar-refractivity contribution < 1.29 is 51.0 Å². The summed E-state index contributed by atoms with van der Waals surface area (Å²) in [4.78, 5) is 0. The van der Waals surface area contributed by atoms with E-state index in [4.69, 9.17) is 0 Å². The van der Waals surface area contributed by atoms with Gasteiger partial charge in [0.15, 0.2) is 0 Å². The van der Waals surface area contributed by atoms with Crippen LogP contribution in [-0.2, 0) is 32.6 Å². The molecule has 0 nitrogen and oxygen atoms in total. The Balaban J connectivity index is 0.000000827. The fourth-order valence-corrected chi connectivity index (χ4v) is 2.91. The first-order valence-corrected chi connectivity index (χ1v) is 7.56. The molecule has 0 aromatic heterocycles. The van der Waals surface area contributed by atoms with Gasteiger partial charge in [0.25, 0.3) is 0 Å². The Labute approximate surface area is 177 Å². The van der Waals surface area contributed by atoms with Gasteiger partial charge in [-0.1, -0.05) is 59.7 Å². The second-order valence-corrected chi connectivity index (χ2v) is 5.51. The summed E-state index contributed by atoms with van der Waals surface area (Å²) in [5, 5.41) is 0. The number of halogens is 2. The average Bonchev–Trinajstić information content (AvgIpc) is 3.15. The fourth-order valence-electron chi connectivity index (χ4n) is 2.91. The zero-order valence-corrected chi connectivity index (χ0v) is 17.9. The quantitative estimate of drug-likeness (QED) is 0.454. The third kappa shape index (κ3) is 4.95. The minimum absolute atomic E-state index is 0.